The van der Waals surface area contributed by atoms with Crippen LogP contribution in [0, 0.1) is 6.92 Å². The van der Waals surface area contributed by atoms with Crippen molar-refractivity contribution in [3.8, 4) is 0 Å². The van der Waals surface area contributed by atoms with Gasteiger partial charge in [0.05, 0.1) is 27.3 Å². The average Bonchev–Trinajstić information content (AvgIpc) is 2.98. The first-order valence-corrected chi connectivity index (χ1v) is 9.61. The first-order chi connectivity index (χ1) is 12.0. The molecule has 0 radical (unpaired) electrons. The van der Waals surface area contributed by atoms with Crippen molar-refractivity contribution in [2.24, 2.45) is 0 Å². The molecule has 130 valence electrons. The van der Waals surface area contributed by atoms with Gasteiger partial charge in [0.15, 0.2) is 0 Å². The summed E-state index contributed by atoms with van der Waals surface area (Å²) in [5.74, 6) is 0.969. The van der Waals surface area contributed by atoms with E-state index >= 15 is 0 Å². The molecule has 0 aliphatic heterocycles. The molecular formula is C20H21NO3S. The standard InChI is InChI=1S/C20H21NO3S/c1-4-25(23)18-12-8-6-10-16(18)20(22)21-14(3)19-13(2)15-9-5-7-11-17(15)24-19/h5-12,14H,4H2,1-3H3,(H,21,22)/t14-,25-/m1/s1. The smallest absolute Gasteiger partial charge is 0.253 e. The number of furan rings is 1. The van der Waals surface area contributed by atoms with E-state index in [1.54, 1.807) is 24.3 Å². The molecule has 1 N–H and O–H groups in total. The van der Waals surface area contributed by atoms with Gasteiger partial charge in [0, 0.05) is 16.7 Å². The minimum atomic E-state index is -1.18. The molecule has 0 spiro atoms. The number of rotatable bonds is 5. The van der Waals surface area contributed by atoms with Crippen LogP contribution >= 0.6 is 0 Å². The Bertz CT molecular complexity index is 945. The van der Waals surface area contributed by atoms with Crippen LogP contribution < -0.4 is 5.32 Å². The molecule has 0 unspecified atom stereocenters. The summed E-state index contributed by atoms with van der Waals surface area (Å²) < 4.78 is 18.1. The number of fused-ring (bicyclic) bond motifs is 1. The van der Waals surface area contributed by atoms with Gasteiger partial charge in [-0.1, -0.05) is 37.3 Å². The number of hydrogen-bond acceptors (Lipinski definition) is 3. The summed E-state index contributed by atoms with van der Waals surface area (Å²) in [6.07, 6.45) is 0. The van der Waals surface area contributed by atoms with Crippen LogP contribution in [0.4, 0.5) is 0 Å². The molecule has 0 fully saturated rings. The Kier molecular flexibility index (Phi) is 5.04. The minimum absolute atomic E-state index is 0.246. The molecule has 1 aromatic heterocycles. The molecule has 0 aliphatic carbocycles. The summed E-state index contributed by atoms with van der Waals surface area (Å²) in [5, 5.41) is 4.01. The van der Waals surface area contributed by atoms with Gasteiger partial charge in [-0.2, -0.15) is 0 Å². The highest BCUT2D eigenvalue weighted by molar-refractivity contribution is 7.85. The molecule has 0 bridgehead atoms. The number of carbonyl (C=O) groups is 1. The van der Waals surface area contributed by atoms with E-state index in [9.17, 15) is 9.00 Å². The minimum Gasteiger partial charge on any atom is -0.459 e. The lowest BCUT2D eigenvalue weighted by molar-refractivity contribution is 0.0932. The lowest BCUT2D eigenvalue weighted by Crippen LogP contribution is -2.27. The summed E-state index contributed by atoms with van der Waals surface area (Å²) in [7, 11) is -1.18. The monoisotopic (exact) mass is 355 g/mol. The fourth-order valence-corrected chi connectivity index (χ4v) is 3.90. The van der Waals surface area contributed by atoms with Crippen LogP contribution in [0.5, 0.6) is 0 Å². The number of hydrogen-bond donors (Lipinski definition) is 1. The quantitative estimate of drug-likeness (QED) is 0.740. The van der Waals surface area contributed by atoms with Gasteiger partial charge in [-0.25, -0.2) is 0 Å². The van der Waals surface area contributed by atoms with Crippen LogP contribution in [0.3, 0.4) is 0 Å². The van der Waals surface area contributed by atoms with Gasteiger partial charge in [0.1, 0.15) is 11.3 Å². The molecule has 2 aromatic carbocycles. The van der Waals surface area contributed by atoms with Crippen molar-refractivity contribution in [3.63, 3.8) is 0 Å². The Hall–Kier alpha value is -2.40. The average molecular weight is 355 g/mol. The van der Waals surface area contributed by atoms with Gasteiger partial charge < -0.3 is 9.73 Å². The molecular weight excluding hydrogens is 334 g/mol. The Labute approximate surface area is 149 Å². The van der Waals surface area contributed by atoms with Crippen LogP contribution in [0.25, 0.3) is 11.0 Å². The topological polar surface area (TPSA) is 59.3 Å². The van der Waals surface area contributed by atoms with Crippen LogP contribution in [-0.4, -0.2) is 15.9 Å². The Morgan fingerprint density at radius 3 is 2.56 bits per heavy atom. The van der Waals surface area contributed by atoms with Crippen LogP contribution in [0.1, 0.15) is 41.6 Å². The van der Waals surface area contributed by atoms with Crippen molar-refractivity contribution in [2.45, 2.75) is 31.7 Å². The van der Waals surface area contributed by atoms with E-state index in [1.807, 2.05) is 45.0 Å². The summed E-state index contributed by atoms with van der Waals surface area (Å²) in [6, 6.07) is 14.6. The highest BCUT2D eigenvalue weighted by Gasteiger charge is 2.21. The number of carbonyl (C=O) groups excluding carboxylic acids is 1. The molecule has 3 aromatic rings. The molecule has 0 aliphatic rings. The molecule has 1 heterocycles. The SMILES string of the molecule is CC[S@@](=O)c1ccccc1C(=O)N[C@H](C)c1oc2ccccc2c1C. The fourth-order valence-electron chi connectivity index (χ4n) is 2.95. The highest BCUT2D eigenvalue weighted by Crippen LogP contribution is 2.29. The van der Waals surface area contributed by atoms with Crippen molar-refractivity contribution >= 4 is 27.7 Å². The second-order valence-corrected chi connectivity index (χ2v) is 7.62. The molecule has 3 rings (SSSR count). The first-order valence-electron chi connectivity index (χ1n) is 8.29. The van der Waals surface area contributed by atoms with Gasteiger partial charge in [0.25, 0.3) is 5.91 Å². The predicted octanol–water partition coefficient (Wildman–Crippen LogP) is 4.36. The van der Waals surface area contributed by atoms with Gasteiger partial charge in [-0.05, 0) is 32.0 Å². The van der Waals surface area contributed by atoms with Crippen molar-refractivity contribution < 1.29 is 13.4 Å². The second kappa shape index (κ2) is 7.23. The molecule has 5 heteroatoms. The van der Waals surface area contributed by atoms with Gasteiger partial charge >= 0.3 is 0 Å². The maximum atomic E-state index is 12.7. The molecule has 0 saturated carbocycles. The van der Waals surface area contributed by atoms with Crippen LogP contribution in [0.15, 0.2) is 57.8 Å². The lowest BCUT2D eigenvalue weighted by Gasteiger charge is -2.14. The number of aryl methyl sites for hydroxylation is 1. The van der Waals surface area contributed by atoms with Crippen molar-refractivity contribution in [2.75, 3.05) is 5.75 Å². The third-order valence-corrected chi connectivity index (χ3v) is 5.63. The maximum absolute atomic E-state index is 12.7. The van der Waals surface area contributed by atoms with Crippen LogP contribution in [-0.2, 0) is 10.8 Å². The molecule has 0 saturated heterocycles. The van der Waals surface area contributed by atoms with Crippen molar-refractivity contribution in [1.29, 1.82) is 0 Å². The fraction of sp³-hybridized carbons (Fsp3) is 0.250. The van der Waals surface area contributed by atoms with Gasteiger partial charge in [-0.15, -0.1) is 0 Å². The van der Waals surface area contributed by atoms with E-state index in [1.165, 1.54) is 0 Å². The van der Waals surface area contributed by atoms with Gasteiger partial charge in [-0.3, -0.25) is 9.00 Å². The number of nitrogens with one attached hydrogen (secondary N) is 1. The molecule has 1 amide bonds. The predicted molar refractivity (Wildman–Crippen MR) is 100 cm³/mol. The Morgan fingerprint density at radius 2 is 1.84 bits per heavy atom. The highest BCUT2D eigenvalue weighted by atomic mass is 32.2. The Morgan fingerprint density at radius 1 is 1.16 bits per heavy atom. The normalized spacial score (nSPS) is 13.6. The summed E-state index contributed by atoms with van der Waals surface area (Å²) in [4.78, 5) is 13.3. The molecule has 4 nitrogen and oxygen atoms in total. The molecule has 2 atom stereocenters. The van der Waals surface area contributed by atoms with E-state index in [-0.39, 0.29) is 11.9 Å². The number of para-hydroxylation sites is 1. The third-order valence-electron chi connectivity index (χ3n) is 4.26. The zero-order valence-corrected chi connectivity index (χ0v) is 15.4. The summed E-state index contributed by atoms with van der Waals surface area (Å²) >= 11 is 0. The maximum Gasteiger partial charge on any atom is 0.253 e. The van der Waals surface area contributed by atoms with E-state index in [0.717, 1.165) is 22.3 Å². The second-order valence-electron chi connectivity index (χ2n) is 5.91. The van der Waals surface area contributed by atoms with E-state index in [0.29, 0.717) is 16.2 Å². The first kappa shape index (κ1) is 17.4. The van der Waals surface area contributed by atoms with Gasteiger partial charge in [0.2, 0.25) is 0 Å². The largest absolute Gasteiger partial charge is 0.459 e. The van der Waals surface area contributed by atoms with Crippen molar-refractivity contribution in [1.82, 2.24) is 5.32 Å². The summed E-state index contributed by atoms with van der Waals surface area (Å²) in [6.45, 7) is 5.72. The van der Waals surface area contributed by atoms with E-state index < -0.39 is 10.8 Å². The lowest BCUT2D eigenvalue weighted by atomic mass is 10.1. The van der Waals surface area contributed by atoms with E-state index in [2.05, 4.69) is 5.32 Å². The zero-order valence-electron chi connectivity index (χ0n) is 14.5. The number of benzene rings is 2. The summed E-state index contributed by atoms with van der Waals surface area (Å²) in [5.41, 5.74) is 2.28. The molecule has 25 heavy (non-hydrogen) atoms. The Balaban J connectivity index is 1.88. The third kappa shape index (κ3) is 3.37. The van der Waals surface area contributed by atoms with Crippen LogP contribution in [0.2, 0.25) is 0 Å². The van der Waals surface area contributed by atoms with E-state index in [4.69, 9.17) is 4.42 Å². The zero-order chi connectivity index (χ0) is 18.0. The van der Waals surface area contributed by atoms with Crippen molar-refractivity contribution in [3.05, 3.63) is 65.4 Å². The number of amides is 1.